The third-order valence-electron chi connectivity index (χ3n) is 16.9. The highest BCUT2D eigenvalue weighted by atomic mass is 16.7. The number of ether oxygens (including phenoxy) is 9. The van der Waals surface area contributed by atoms with E-state index >= 15 is 0 Å². The molecule has 16 atom stereocenters. The van der Waals surface area contributed by atoms with Crippen LogP contribution >= 0.6 is 0 Å². The van der Waals surface area contributed by atoms with E-state index in [1.54, 1.807) is 20.8 Å². The molecule has 2 bridgehead atoms. The van der Waals surface area contributed by atoms with Gasteiger partial charge in [-0.25, -0.2) is 9.59 Å². The number of non-ortho nitro benzene ring substituents is 1. The number of hydrogen-bond donors (Lipinski definition) is 4. The van der Waals surface area contributed by atoms with Gasteiger partial charge in [-0.05, 0) is 52.2 Å². The second-order valence-electron chi connectivity index (χ2n) is 19.6. The number of nitrogens with one attached hydrogen (secondary N) is 1. The molecule has 5 aliphatic heterocycles. The van der Waals surface area contributed by atoms with E-state index in [-0.39, 0.29) is 37.1 Å². The lowest BCUT2D eigenvalue weighted by molar-refractivity contribution is -0.393. The van der Waals surface area contributed by atoms with Crippen LogP contribution in [0.15, 0.2) is 42.2 Å². The molecule has 0 aromatic heterocycles. The summed E-state index contributed by atoms with van der Waals surface area (Å²) in [5, 5.41) is 63.7. The fraction of sp³-hybridized carbons (Fsp3) is 0.689. The Morgan fingerprint density at radius 1 is 0.971 bits per heavy atom. The molecule has 1 aromatic rings. The van der Waals surface area contributed by atoms with Crippen molar-refractivity contribution in [2.24, 2.45) is 34.0 Å². The van der Waals surface area contributed by atoms with Gasteiger partial charge >= 0.3 is 23.9 Å². The van der Waals surface area contributed by atoms with Gasteiger partial charge in [-0.1, -0.05) is 19.4 Å². The van der Waals surface area contributed by atoms with Gasteiger partial charge in [0.2, 0.25) is 6.29 Å². The van der Waals surface area contributed by atoms with Crippen LogP contribution in [0.4, 0.5) is 17.1 Å². The Balaban J connectivity index is 1.06. The molecular weight excluding hydrogens is 902 g/mol. The number of aliphatic hydroxyl groups is 3. The number of methoxy groups -OCH3 is 2. The number of rotatable bonds is 15. The number of carbonyl (C=O) groups is 4. The zero-order chi connectivity index (χ0) is 49.1. The summed E-state index contributed by atoms with van der Waals surface area (Å²) in [6.45, 7) is 5.64. The van der Waals surface area contributed by atoms with Crippen LogP contribution in [0.3, 0.4) is 0 Å². The highest BCUT2D eigenvalue weighted by Gasteiger charge is 2.97. The van der Waals surface area contributed by atoms with Gasteiger partial charge in [-0.2, -0.15) is 0 Å². The highest BCUT2D eigenvalue weighted by Crippen LogP contribution is 2.83. The Hall–Kier alpha value is -5.30. The summed E-state index contributed by atoms with van der Waals surface area (Å²) < 4.78 is 55.0. The summed E-state index contributed by atoms with van der Waals surface area (Å²) in [6, 6.07) is 3.25. The summed E-state index contributed by atoms with van der Waals surface area (Å²) >= 11 is 0. The molecule has 9 rings (SSSR count). The molecule has 0 amide bonds. The molecule has 3 saturated carbocycles. The molecule has 0 radical (unpaired) electrons. The third kappa shape index (κ3) is 6.08. The van der Waals surface area contributed by atoms with Crippen molar-refractivity contribution in [1.82, 2.24) is 0 Å². The molecule has 23 nitrogen and oxygen atoms in total. The summed E-state index contributed by atoms with van der Waals surface area (Å²) in [5.74, 6) is -10.3. The number of benzene rings is 1. The molecule has 7 fully saturated rings. The van der Waals surface area contributed by atoms with Crippen LogP contribution in [0.2, 0.25) is 0 Å². The highest BCUT2D eigenvalue weighted by molar-refractivity contribution is 5.88. The molecule has 68 heavy (non-hydrogen) atoms. The summed E-state index contributed by atoms with van der Waals surface area (Å²) in [6.07, 6.45) is -3.01. The van der Waals surface area contributed by atoms with E-state index in [0.717, 1.165) is 26.4 Å². The number of esters is 4. The molecular formula is C45H55N3O20. The number of fused-ring (bicyclic) bond motifs is 7. The Kier molecular flexibility index (Phi) is 11.3. The molecule has 5 heterocycles. The molecule has 4 saturated heterocycles. The van der Waals surface area contributed by atoms with Gasteiger partial charge in [0, 0.05) is 59.6 Å². The molecule has 1 spiro atoms. The zero-order valence-electron chi connectivity index (χ0n) is 38.2. The van der Waals surface area contributed by atoms with Crippen LogP contribution in [0.25, 0.3) is 0 Å². The van der Waals surface area contributed by atoms with E-state index < -0.39 is 158 Å². The van der Waals surface area contributed by atoms with E-state index in [1.807, 2.05) is 0 Å². The van der Waals surface area contributed by atoms with Crippen molar-refractivity contribution in [3.8, 4) is 0 Å². The fourth-order valence-corrected chi connectivity index (χ4v) is 13.9. The number of unbranched alkanes of at least 4 members (excludes halogenated alkanes) is 2. The smallest absolute Gasteiger partial charge is 0.366 e. The lowest BCUT2D eigenvalue weighted by Gasteiger charge is -2.65. The first-order valence-corrected chi connectivity index (χ1v) is 22.6. The number of epoxide rings is 1. The van der Waals surface area contributed by atoms with Gasteiger partial charge in [0.25, 0.3) is 17.2 Å². The van der Waals surface area contributed by atoms with Crippen molar-refractivity contribution >= 4 is 40.9 Å². The van der Waals surface area contributed by atoms with Crippen LogP contribution in [-0.4, -0.2) is 142 Å². The van der Waals surface area contributed by atoms with Gasteiger partial charge in [0.05, 0.1) is 67.9 Å². The molecule has 0 unspecified atom stereocenters. The minimum atomic E-state index is -2.91. The monoisotopic (exact) mass is 957 g/mol. The number of anilines is 1. The van der Waals surface area contributed by atoms with E-state index in [1.165, 1.54) is 31.4 Å². The molecule has 1 aromatic carbocycles. The topological polar surface area (TPSA) is 314 Å². The lowest BCUT2D eigenvalue weighted by Crippen LogP contribution is -2.79. The quantitative estimate of drug-likeness (QED) is 0.0373. The Labute approximate surface area is 388 Å². The number of hydrogen-bond acceptors (Lipinski definition) is 21. The van der Waals surface area contributed by atoms with Crippen molar-refractivity contribution in [2.45, 2.75) is 126 Å². The minimum absolute atomic E-state index is 0.0822. The predicted octanol–water partition coefficient (Wildman–Crippen LogP) is 2.27. The van der Waals surface area contributed by atoms with Crippen LogP contribution < -0.4 is 5.32 Å². The van der Waals surface area contributed by atoms with Gasteiger partial charge in [-0.3, -0.25) is 29.8 Å². The Morgan fingerprint density at radius 3 is 2.38 bits per heavy atom. The van der Waals surface area contributed by atoms with Gasteiger partial charge < -0.3 is 63.3 Å². The van der Waals surface area contributed by atoms with Gasteiger partial charge in [-0.15, -0.1) is 0 Å². The van der Waals surface area contributed by atoms with Gasteiger partial charge in [0.15, 0.2) is 5.60 Å². The molecule has 8 aliphatic rings. The standard InChI is InChI=1S/C45H55N3O20/c1-7-22(2)34(51)66-27-19-28(65-30(49)11-9-8-10-15-46-24-13-12-23(47(56)57)17-25(24)48(58)59)42(36(52)60-5)20-63-31-32(42)41(27)21-64-44(55,37(53)61-6)35(41)39(3,33(31)50)45-29-18-26(40(45,4)68-45)43(54)14-16-62-38(43)67-29/h7,12-14,16-17,26-29,31-33,35,38,46,50,54-55H,8-11,15,18-21H2,1-6H3/b22-7+/t26-,27+,28-,29+,31-,32-,33-,35+,38+,39-,40+,41+,42+,43+,44+,45+/m1/s1. The fourth-order valence-electron chi connectivity index (χ4n) is 13.9. The number of aliphatic hydroxyl groups excluding tert-OH is 1. The van der Waals surface area contributed by atoms with Crippen molar-refractivity contribution in [2.75, 3.05) is 39.3 Å². The molecule has 23 heteroatoms. The third-order valence-corrected chi connectivity index (χ3v) is 16.9. The summed E-state index contributed by atoms with van der Waals surface area (Å²) in [7, 11) is 2.17. The summed E-state index contributed by atoms with van der Waals surface area (Å²) in [4.78, 5) is 78.0. The second-order valence-corrected chi connectivity index (χ2v) is 19.6. The number of nitrogens with zero attached hydrogens (tertiary/aromatic N) is 2. The average molecular weight is 958 g/mol. The van der Waals surface area contributed by atoms with E-state index in [4.69, 9.17) is 42.6 Å². The van der Waals surface area contributed by atoms with Crippen LogP contribution in [0.5, 0.6) is 0 Å². The van der Waals surface area contributed by atoms with Crippen LogP contribution in [-0.2, 0) is 61.8 Å². The second kappa shape index (κ2) is 16.1. The van der Waals surface area contributed by atoms with E-state index in [0.29, 0.717) is 12.8 Å². The first kappa shape index (κ1) is 47.8. The maximum atomic E-state index is 14.7. The molecule has 370 valence electrons. The molecule has 4 N–H and O–H groups in total. The summed E-state index contributed by atoms with van der Waals surface area (Å²) in [5.41, 5.74) is -10.9. The predicted molar refractivity (Wildman–Crippen MR) is 225 cm³/mol. The Bertz CT molecular complexity index is 2400. The van der Waals surface area contributed by atoms with Crippen molar-refractivity contribution in [1.29, 1.82) is 0 Å². The van der Waals surface area contributed by atoms with Gasteiger partial charge in [0.1, 0.15) is 34.5 Å². The molecule has 3 aliphatic carbocycles. The van der Waals surface area contributed by atoms with Crippen molar-refractivity contribution < 1.29 is 87.0 Å². The maximum Gasteiger partial charge on any atom is 0.366 e. The number of allylic oxidation sites excluding steroid dienone is 1. The number of nitro groups is 2. The SMILES string of the molecule is C/C=C(\C)C(=O)O[C@H]1C[C@@H](OC(=O)CCCCCNc2ccc([N+](=O)[O-])cc2[N+](=O)[O-])[C@@]2(C(=O)OC)CO[C@H]3[C@@H](O)[C@@](C)([C@]45O[C@@]4(C)[C@H]4C[C@@H]5O[C@@H]5OC=C[C@@]54O)[C@H]4[C@]1(CO[C@]4(O)C(=O)OC)[C@@H]32. The first-order chi connectivity index (χ1) is 32.1. The van der Waals surface area contributed by atoms with Crippen molar-refractivity contribution in [3.63, 3.8) is 0 Å². The minimum Gasteiger partial charge on any atom is -0.469 e. The zero-order valence-corrected chi connectivity index (χ0v) is 38.2. The lowest BCUT2D eigenvalue weighted by atomic mass is 9.37. The van der Waals surface area contributed by atoms with E-state index in [2.05, 4.69) is 5.32 Å². The van der Waals surface area contributed by atoms with Crippen LogP contribution in [0, 0.1) is 54.2 Å². The largest absolute Gasteiger partial charge is 0.469 e. The normalized spacial score (nSPS) is 43.2. The first-order valence-electron chi connectivity index (χ1n) is 22.6. The maximum absolute atomic E-state index is 14.7. The number of carbonyl (C=O) groups excluding carboxylic acids is 4. The van der Waals surface area contributed by atoms with E-state index in [9.17, 15) is 54.7 Å². The number of nitro benzene ring substituents is 2. The average Bonchev–Trinajstić information content (AvgIpc) is 3.68. The Morgan fingerprint density at radius 2 is 1.71 bits per heavy atom. The van der Waals surface area contributed by atoms with Crippen molar-refractivity contribution in [3.05, 3.63) is 62.4 Å². The van der Waals surface area contributed by atoms with Crippen LogP contribution in [0.1, 0.15) is 66.2 Å².